The summed E-state index contributed by atoms with van der Waals surface area (Å²) in [5.41, 5.74) is 0. The van der Waals surface area contributed by atoms with Crippen LogP contribution in [0.5, 0.6) is 0 Å². The van der Waals surface area contributed by atoms with Crippen molar-refractivity contribution in [3.05, 3.63) is 60.8 Å². The maximum atomic E-state index is 12.5. The summed E-state index contributed by atoms with van der Waals surface area (Å²) in [5, 5.41) is 0. The van der Waals surface area contributed by atoms with Crippen LogP contribution in [0.3, 0.4) is 0 Å². The van der Waals surface area contributed by atoms with Gasteiger partial charge < -0.3 is 18.9 Å². The number of phosphoric ester groups is 1. The van der Waals surface area contributed by atoms with Crippen molar-refractivity contribution < 1.29 is 42.1 Å². The van der Waals surface area contributed by atoms with Gasteiger partial charge in [0.1, 0.15) is 19.8 Å². The number of unbranched alkanes of at least 4 members (excludes halogenated alkanes) is 5. The first-order chi connectivity index (χ1) is 22.0. The summed E-state index contributed by atoms with van der Waals surface area (Å²) < 4.78 is 33.7. The Balaban J connectivity index is 4.36. The number of rotatable bonds is 29. The van der Waals surface area contributed by atoms with E-state index in [9.17, 15) is 19.0 Å². The molecule has 0 aliphatic rings. The third kappa shape index (κ3) is 31.7. The number of ether oxygens (including phenoxy) is 2. The predicted molar refractivity (Wildman–Crippen MR) is 187 cm³/mol. The molecule has 0 spiro atoms. The molecule has 46 heavy (non-hydrogen) atoms. The molecule has 0 amide bonds. The van der Waals surface area contributed by atoms with E-state index in [0.29, 0.717) is 23.9 Å². The fourth-order valence-electron chi connectivity index (χ4n) is 3.86. The SMILES string of the molecule is CC/C=C\C/C=C\C/C=C\C/C=C\C/C=C\CCCCCC(=O)OC(COC(=O)CCCCC)COP(=O)(O)OCC[N+](C)(C)C. The molecule has 0 saturated heterocycles. The molecule has 0 heterocycles. The molecule has 0 fully saturated rings. The van der Waals surface area contributed by atoms with Crippen LogP contribution < -0.4 is 0 Å². The van der Waals surface area contributed by atoms with Gasteiger partial charge in [-0.25, -0.2) is 4.57 Å². The number of nitrogens with zero attached hydrogens (tertiary/aromatic N) is 1. The minimum absolute atomic E-state index is 0.0216. The van der Waals surface area contributed by atoms with Gasteiger partial charge in [-0.1, -0.05) is 93.9 Å². The van der Waals surface area contributed by atoms with Crippen molar-refractivity contribution in [2.75, 3.05) is 47.5 Å². The van der Waals surface area contributed by atoms with Crippen LogP contribution in [-0.4, -0.2) is 74.9 Å². The average molecular weight is 669 g/mol. The van der Waals surface area contributed by atoms with Gasteiger partial charge in [-0.2, -0.15) is 0 Å². The zero-order valence-corrected chi connectivity index (χ0v) is 30.2. The van der Waals surface area contributed by atoms with Crippen LogP contribution in [-0.2, 0) is 32.7 Å². The lowest BCUT2D eigenvalue weighted by atomic mass is 10.1. The van der Waals surface area contributed by atoms with Crippen LogP contribution in [0.15, 0.2) is 60.8 Å². The number of allylic oxidation sites excluding steroid dienone is 10. The molecule has 0 aromatic heterocycles. The number of quaternary nitrogens is 1. The van der Waals surface area contributed by atoms with Crippen molar-refractivity contribution in [2.45, 2.75) is 110 Å². The van der Waals surface area contributed by atoms with E-state index in [1.165, 1.54) is 0 Å². The molecule has 9 nitrogen and oxygen atoms in total. The zero-order chi connectivity index (χ0) is 34.4. The van der Waals surface area contributed by atoms with Crippen molar-refractivity contribution in [3.63, 3.8) is 0 Å². The summed E-state index contributed by atoms with van der Waals surface area (Å²) in [6, 6.07) is 0. The van der Waals surface area contributed by atoms with Crippen molar-refractivity contribution >= 4 is 19.8 Å². The van der Waals surface area contributed by atoms with Crippen molar-refractivity contribution in [2.24, 2.45) is 0 Å². The molecule has 0 aromatic carbocycles. The van der Waals surface area contributed by atoms with Crippen molar-refractivity contribution in [3.8, 4) is 0 Å². The highest BCUT2D eigenvalue weighted by Gasteiger charge is 2.27. The number of likely N-dealkylation sites (N-methyl/N-ethyl adjacent to an activating group) is 1. The Morgan fingerprint density at radius 3 is 1.80 bits per heavy atom. The molecule has 2 unspecified atom stereocenters. The summed E-state index contributed by atoms with van der Waals surface area (Å²) in [6.45, 7) is 4.03. The van der Waals surface area contributed by atoms with Gasteiger partial charge in [0.25, 0.3) is 0 Å². The summed E-state index contributed by atoms with van der Waals surface area (Å²) in [4.78, 5) is 34.6. The van der Waals surface area contributed by atoms with E-state index in [0.717, 1.165) is 64.2 Å². The normalized spacial score (nSPS) is 14.7. The molecule has 264 valence electrons. The van der Waals surface area contributed by atoms with Gasteiger partial charge >= 0.3 is 19.8 Å². The van der Waals surface area contributed by atoms with Gasteiger partial charge in [0.05, 0.1) is 27.7 Å². The molecule has 0 radical (unpaired) electrons. The number of hydrogen-bond donors (Lipinski definition) is 1. The zero-order valence-electron chi connectivity index (χ0n) is 29.3. The second kappa shape index (κ2) is 28.9. The lowest BCUT2D eigenvalue weighted by Gasteiger charge is -2.24. The largest absolute Gasteiger partial charge is 0.472 e. The maximum absolute atomic E-state index is 12.5. The molecular weight excluding hydrogens is 605 g/mol. The highest BCUT2D eigenvalue weighted by molar-refractivity contribution is 7.47. The molecule has 2 atom stereocenters. The standard InChI is InChI=1S/C36H62NO8P/c1-6-8-10-11-12-13-14-15-16-17-18-19-20-21-22-23-24-25-27-29-36(39)45-34(32-42-35(38)28-26-9-7-2)33-44-46(40,41)43-31-30-37(3,4)5/h8,10,12-13,15-16,18-19,21-22,34H,6-7,9,11,14,17,20,23-33H2,1-5H3/p+1/b10-8-,13-12-,16-15-,19-18-,22-21-. The van der Waals surface area contributed by atoms with Crippen molar-refractivity contribution in [1.82, 2.24) is 0 Å². The Bertz CT molecular complexity index is 981. The van der Waals surface area contributed by atoms with E-state index < -0.39 is 32.5 Å². The lowest BCUT2D eigenvalue weighted by molar-refractivity contribution is -0.870. The molecule has 0 aliphatic heterocycles. The Morgan fingerprint density at radius 2 is 1.24 bits per heavy atom. The third-order valence-corrected chi connectivity index (χ3v) is 7.55. The smallest absolute Gasteiger partial charge is 0.462 e. The Kier molecular flexibility index (Phi) is 27.5. The monoisotopic (exact) mass is 668 g/mol. The topological polar surface area (TPSA) is 108 Å². The van der Waals surface area contributed by atoms with E-state index >= 15 is 0 Å². The lowest BCUT2D eigenvalue weighted by Crippen LogP contribution is -2.37. The second-order valence-corrected chi connectivity index (χ2v) is 13.6. The first kappa shape index (κ1) is 43.7. The summed E-state index contributed by atoms with van der Waals surface area (Å²) >= 11 is 0. The average Bonchev–Trinajstić information content (AvgIpc) is 2.99. The van der Waals surface area contributed by atoms with Crippen LogP contribution in [0.25, 0.3) is 0 Å². The molecule has 0 rings (SSSR count). The molecule has 0 saturated carbocycles. The van der Waals surface area contributed by atoms with E-state index in [1.54, 1.807) is 0 Å². The fraction of sp³-hybridized carbons (Fsp3) is 0.667. The van der Waals surface area contributed by atoms with Crippen molar-refractivity contribution in [1.29, 1.82) is 0 Å². The second-order valence-electron chi connectivity index (χ2n) is 12.2. The van der Waals surface area contributed by atoms with E-state index in [4.69, 9.17) is 18.5 Å². The number of esters is 2. The van der Waals surface area contributed by atoms with E-state index in [-0.39, 0.29) is 26.1 Å². The predicted octanol–water partition coefficient (Wildman–Crippen LogP) is 8.56. The highest BCUT2D eigenvalue weighted by Crippen LogP contribution is 2.43. The molecular formula is C36H63NO8P+. The first-order valence-corrected chi connectivity index (χ1v) is 18.5. The van der Waals surface area contributed by atoms with E-state index in [1.807, 2.05) is 28.1 Å². The van der Waals surface area contributed by atoms with Gasteiger partial charge in [-0.15, -0.1) is 0 Å². The number of phosphoric acid groups is 1. The van der Waals surface area contributed by atoms with Gasteiger partial charge in [0, 0.05) is 12.8 Å². The van der Waals surface area contributed by atoms with Crippen LogP contribution in [0, 0.1) is 0 Å². The molecule has 0 bridgehead atoms. The molecule has 1 N–H and O–H groups in total. The van der Waals surface area contributed by atoms with Gasteiger partial charge in [0.15, 0.2) is 6.10 Å². The van der Waals surface area contributed by atoms with Crippen LogP contribution in [0.4, 0.5) is 0 Å². The summed E-state index contributed by atoms with van der Waals surface area (Å²) in [6.07, 6.45) is 32.1. The minimum Gasteiger partial charge on any atom is -0.462 e. The van der Waals surface area contributed by atoms with Gasteiger partial charge in [-0.3, -0.25) is 18.6 Å². The first-order valence-electron chi connectivity index (χ1n) is 17.0. The number of hydrogen-bond acceptors (Lipinski definition) is 7. The summed E-state index contributed by atoms with van der Waals surface area (Å²) in [5.74, 6) is -0.875. The van der Waals surface area contributed by atoms with Crippen LogP contribution in [0.2, 0.25) is 0 Å². The quantitative estimate of drug-likeness (QED) is 0.0278. The number of carbonyl (C=O) groups is 2. The molecule has 0 aliphatic carbocycles. The van der Waals surface area contributed by atoms with E-state index in [2.05, 4.69) is 67.7 Å². The Morgan fingerprint density at radius 1 is 0.696 bits per heavy atom. The van der Waals surface area contributed by atoms with Gasteiger partial charge in [-0.05, 0) is 57.8 Å². The number of carbonyl (C=O) groups excluding carboxylic acids is 2. The molecule has 10 heteroatoms. The highest BCUT2D eigenvalue weighted by atomic mass is 31.2. The Hall–Kier alpha value is -2.29. The minimum atomic E-state index is -4.36. The molecule has 0 aromatic rings. The summed E-state index contributed by atoms with van der Waals surface area (Å²) in [7, 11) is 1.44. The van der Waals surface area contributed by atoms with Crippen LogP contribution in [0.1, 0.15) is 104 Å². The Labute approximate surface area is 279 Å². The van der Waals surface area contributed by atoms with Gasteiger partial charge in [0.2, 0.25) is 0 Å². The maximum Gasteiger partial charge on any atom is 0.472 e. The van der Waals surface area contributed by atoms with Crippen LogP contribution >= 0.6 is 7.82 Å². The third-order valence-electron chi connectivity index (χ3n) is 6.56. The fourth-order valence-corrected chi connectivity index (χ4v) is 4.60.